The first-order valence-corrected chi connectivity index (χ1v) is 7.21. The van der Waals surface area contributed by atoms with Gasteiger partial charge in [0.15, 0.2) is 0 Å². The van der Waals surface area contributed by atoms with Gasteiger partial charge in [0.25, 0.3) is 5.91 Å². The fourth-order valence-corrected chi connectivity index (χ4v) is 2.62. The number of nitrogens with one attached hydrogen (secondary N) is 1. The number of amides is 1. The van der Waals surface area contributed by atoms with Crippen molar-refractivity contribution in [1.29, 1.82) is 0 Å². The number of halogens is 2. The van der Waals surface area contributed by atoms with Gasteiger partial charge in [-0.2, -0.15) is 0 Å². The lowest BCUT2D eigenvalue weighted by Gasteiger charge is -2.28. The quantitative estimate of drug-likeness (QED) is 0.925. The van der Waals surface area contributed by atoms with Gasteiger partial charge in [0.1, 0.15) is 5.82 Å². The number of rotatable bonds is 3. The Morgan fingerprint density at radius 1 is 1.47 bits per heavy atom. The van der Waals surface area contributed by atoms with Gasteiger partial charge in [-0.05, 0) is 43.9 Å². The van der Waals surface area contributed by atoms with Crippen molar-refractivity contribution in [3.8, 4) is 0 Å². The van der Waals surface area contributed by atoms with E-state index in [0.717, 1.165) is 26.1 Å². The summed E-state index contributed by atoms with van der Waals surface area (Å²) < 4.78 is 19.6. The molecular formula is C14H17BrFNO2. The number of benzene rings is 1. The average molecular weight is 330 g/mol. The topological polar surface area (TPSA) is 38.3 Å². The molecule has 104 valence electrons. The van der Waals surface area contributed by atoms with E-state index in [1.807, 2.05) is 6.92 Å². The first-order valence-electron chi connectivity index (χ1n) is 6.41. The predicted octanol–water partition coefficient (Wildman–Crippen LogP) is 3.13. The van der Waals surface area contributed by atoms with E-state index in [1.54, 1.807) is 6.07 Å². The molecule has 1 aromatic rings. The molecule has 2 rings (SSSR count). The molecule has 1 aliphatic heterocycles. The summed E-state index contributed by atoms with van der Waals surface area (Å²) in [6, 6.07) is 4.48. The largest absolute Gasteiger partial charge is 0.381 e. The maximum Gasteiger partial charge on any atom is 0.254 e. The average Bonchev–Trinajstić information content (AvgIpc) is 2.39. The smallest absolute Gasteiger partial charge is 0.254 e. The second-order valence-electron chi connectivity index (χ2n) is 4.84. The minimum Gasteiger partial charge on any atom is -0.381 e. The van der Waals surface area contributed by atoms with Gasteiger partial charge in [-0.1, -0.05) is 15.9 Å². The Morgan fingerprint density at radius 2 is 2.16 bits per heavy atom. The van der Waals surface area contributed by atoms with Crippen molar-refractivity contribution in [2.24, 2.45) is 5.92 Å². The van der Waals surface area contributed by atoms with Crippen molar-refractivity contribution < 1.29 is 13.9 Å². The lowest BCUT2D eigenvalue weighted by molar-refractivity contribution is 0.0537. The lowest BCUT2D eigenvalue weighted by Crippen LogP contribution is -2.40. The van der Waals surface area contributed by atoms with Crippen LogP contribution in [0.2, 0.25) is 0 Å². The molecule has 0 radical (unpaired) electrons. The Labute approximate surface area is 120 Å². The Bertz CT molecular complexity index is 461. The summed E-state index contributed by atoms with van der Waals surface area (Å²) in [6.45, 7) is 3.43. The number of carbonyl (C=O) groups is 1. The van der Waals surface area contributed by atoms with E-state index >= 15 is 0 Å². The van der Waals surface area contributed by atoms with Crippen molar-refractivity contribution in [1.82, 2.24) is 5.32 Å². The van der Waals surface area contributed by atoms with E-state index in [9.17, 15) is 9.18 Å². The zero-order valence-corrected chi connectivity index (χ0v) is 12.4. The molecule has 5 heteroatoms. The second-order valence-corrected chi connectivity index (χ2v) is 5.75. The van der Waals surface area contributed by atoms with Crippen molar-refractivity contribution in [3.05, 3.63) is 34.1 Å². The number of hydrogen-bond donors (Lipinski definition) is 1. The fourth-order valence-electron chi connectivity index (χ4n) is 2.29. The zero-order chi connectivity index (χ0) is 13.8. The highest BCUT2D eigenvalue weighted by Gasteiger charge is 2.23. The predicted molar refractivity (Wildman–Crippen MR) is 74.6 cm³/mol. The minimum absolute atomic E-state index is 0.0273. The van der Waals surface area contributed by atoms with E-state index < -0.39 is 5.82 Å². The van der Waals surface area contributed by atoms with Crippen LogP contribution in [0.4, 0.5) is 4.39 Å². The lowest BCUT2D eigenvalue weighted by atomic mass is 9.93. The van der Waals surface area contributed by atoms with Crippen molar-refractivity contribution >= 4 is 21.8 Å². The van der Waals surface area contributed by atoms with Crippen LogP contribution in [0.5, 0.6) is 0 Å². The molecule has 1 amide bonds. The molecule has 0 aliphatic carbocycles. The maximum absolute atomic E-state index is 13.7. The fraction of sp³-hybridized carbons (Fsp3) is 0.500. The Balaban J connectivity index is 1.99. The molecule has 0 aromatic heterocycles. The van der Waals surface area contributed by atoms with Crippen LogP contribution in [0.25, 0.3) is 0 Å². The van der Waals surface area contributed by atoms with Crippen LogP contribution in [-0.2, 0) is 4.74 Å². The van der Waals surface area contributed by atoms with Crippen LogP contribution in [0, 0.1) is 11.7 Å². The monoisotopic (exact) mass is 329 g/mol. The molecule has 1 unspecified atom stereocenters. The molecule has 1 atom stereocenters. The SMILES string of the molecule is CC(NC(=O)c1ccc(Br)cc1F)C1CCOCC1. The van der Waals surface area contributed by atoms with Gasteiger partial charge in [0.05, 0.1) is 5.56 Å². The zero-order valence-electron chi connectivity index (χ0n) is 10.8. The Kier molecular flexibility index (Phi) is 4.93. The van der Waals surface area contributed by atoms with E-state index in [1.165, 1.54) is 12.1 Å². The third-order valence-corrected chi connectivity index (χ3v) is 4.00. The highest BCUT2D eigenvalue weighted by molar-refractivity contribution is 9.10. The molecule has 1 saturated heterocycles. The van der Waals surface area contributed by atoms with Gasteiger partial charge in [0.2, 0.25) is 0 Å². The van der Waals surface area contributed by atoms with Crippen LogP contribution < -0.4 is 5.32 Å². The Morgan fingerprint density at radius 3 is 2.79 bits per heavy atom. The first-order chi connectivity index (χ1) is 9.08. The molecule has 3 nitrogen and oxygen atoms in total. The van der Waals surface area contributed by atoms with Gasteiger partial charge >= 0.3 is 0 Å². The van der Waals surface area contributed by atoms with E-state index in [4.69, 9.17) is 4.74 Å². The summed E-state index contributed by atoms with van der Waals surface area (Å²) >= 11 is 3.17. The standard InChI is InChI=1S/C14H17BrFNO2/c1-9(10-4-6-19-7-5-10)17-14(18)12-3-2-11(15)8-13(12)16/h2-3,8-10H,4-7H2,1H3,(H,17,18). The normalized spacial score (nSPS) is 18.1. The van der Waals surface area contributed by atoms with Crippen molar-refractivity contribution in [3.63, 3.8) is 0 Å². The number of carbonyl (C=O) groups excluding carboxylic acids is 1. The second kappa shape index (κ2) is 6.48. The molecule has 1 N–H and O–H groups in total. The summed E-state index contributed by atoms with van der Waals surface area (Å²) in [5, 5.41) is 2.88. The van der Waals surface area contributed by atoms with E-state index in [-0.39, 0.29) is 17.5 Å². The van der Waals surface area contributed by atoms with E-state index in [0.29, 0.717) is 10.4 Å². The summed E-state index contributed by atoms with van der Waals surface area (Å²) in [4.78, 5) is 12.0. The molecule has 1 aliphatic rings. The van der Waals surface area contributed by atoms with Crippen LogP contribution in [0.3, 0.4) is 0 Å². The highest BCUT2D eigenvalue weighted by Crippen LogP contribution is 2.20. The third kappa shape index (κ3) is 3.76. The summed E-state index contributed by atoms with van der Waals surface area (Å²) in [5.41, 5.74) is 0.0853. The molecular weight excluding hydrogens is 313 g/mol. The molecule has 1 heterocycles. The summed E-state index contributed by atoms with van der Waals surface area (Å²) in [7, 11) is 0. The first kappa shape index (κ1) is 14.5. The summed E-state index contributed by atoms with van der Waals surface area (Å²) in [6.07, 6.45) is 1.87. The van der Waals surface area contributed by atoms with Gasteiger partial charge in [0, 0.05) is 23.7 Å². The van der Waals surface area contributed by atoms with Gasteiger partial charge in [-0.3, -0.25) is 4.79 Å². The molecule has 0 bridgehead atoms. The third-order valence-electron chi connectivity index (χ3n) is 3.51. The van der Waals surface area contributed by atoms with Crippen LogP contribution in [-0.4, -0.2) is 25.2 Å². The minimum atomic E-state index is -0.508. The van der Waals surface area contributed by atoms with Crippen LogP contribution >= 0.6 is 15.9 Å². The molecule has 19 heavy (non-hydrogen) atoms. The molecule has 0 saturated carbocycles. The maximum atomic E-state index is 13.7. The molecule has 1 fully saturated rings. The van der Waals surface area contributed by atoms with Gasteiger partial charge in [-0.25, -0.2) is 4.39 Å². The van der Waals surface area contributed by atoms with Crippen LogP contribution in [0.1, 0.15) is 30.1 Å². The van der Waals surface area contributed by atoms with Gasteiger partial charge < -0.3 is 10.1 Å². The molecule has 0 spiro atoms. The van der Waals surface area contributed by atoms with Gasteiger partial charge in [-0.15, -0.1) is 0 Å². The van der Waals surface area contributed by atoms with Crippen molar-refractivity contribution in [2.75, 3.05) is 13.2 Å². The number of ether oxygens (including phenoxy) is 1. The Hall–Kier alpha value is -0.940. The van der Waals surface area contributed by atoms with Crippen LogP contribution in [0.15, 0.2) is 22.7 Å². The van der Waals surface area contributed by atoms with E-state index in [2.05, 4.69) is 21.2 Å². The van der Waals surface area contributed by atoms with Crippen molar-refractivity contribution in [2.45, 2.75) is 25.8 Å². The molecule has 1 aromatic carbocycles. The number of hydrogen-bond acceptors (Lipinski definition) is 2. The summed E-state index contributed by atoms with van der Waals surface area (Å²) in [5.74, 6) is -0.466. The highest BCUT2D eigenvalue weighted by atomic mass is 79.9.